The van der Waals surface area contributed by atoms with Crippen molar-refractivity contribution in [3.8, 4) is 39.9 Å². The third kappa shape index (κ3) is 4.46. The third-order valence-corrected chi connectivity index (χ3v) is 10.2. The van der Waals surface area contributed by atoms with Crippen LogP contribution in [-0.4, -0.2) is 19.5 Å². The Bertz CT molecular complexity index is 3060. The van der Waals surface area contributed by atoms with E-state index in [1.54, 1.807) is 0 Å². The number of fused-ring (bicyclic) bond motifs is 8. The summed E-state index contributed by atoms with van der Waals surface area (Å²) in [6.07, 6.45) is 0. The average Bonchev–Trinajstić information content (AvgIpc) is 3.76. The molecule has 0 atom stereocenters. The van der Waals surface area contributed by atoms with Crippen molar-refractivity contribution in [1.82, 2.24) is 19.5 Å². The van der Waals surface area contributed by atoms with E-state index in [1.807, 2.05) is 6.07 Å². The molecule has 5 heteroatoms. The molecule has 3 heterocycles. The predicted octanol–water partition coefficient (Wildman–Crippen LogP) is 12.2. The van der Waals surface area contributed by atoms with Crippen LogP contribution in [-0.2, 0) is 0 Å². The summed E-state index contributed by atoms with van der Waals surface area (Å²) in [5.74, 6) is 1.83. The molecule has 3 aromatic heterocycles. The van der Waals surface area contributed by atoms with Crippen LogP contribution in [0.25, 0.3) is 105 Å². The SMILES string of the molecule is c1ccc2cc(-c3nc(-c4ccc5ccccc5c4)nc(-c4ccc5c(c4)oc4cccc(-n6c7ccccc7c7ccccc76)c45)n3)ccc2c1. The van der Waals surface area contributed by atoms with E-state index in [1.165, 1.54) is 21.5 Å². The van der Waals surface area contributed by atoms with E-state index in [4.69, 9.17) is 19.4 Å². The molecule has 11 rings (SSSR count). The summed E-state index contributed by atoms with van der Waals surface area (Å²) in [7, 11) is 0. The summed E-state index contributed by atoms with van der Waals surface area (Å²) in [6, 6.07) is 59.2. The molecule has 11 aromatic rings. The molecule has 0 saturated heterocycles. The number of nitrogens with zero attached hydrogens (tertiary/aromatic N) is 4. The van der Waals surface area contributed by atoms with Gasteiger partial charge in [-0.2, -0.15) is 0 Å². The fraction of sp³-hybridized carbons (Fsp3) is 0. The van der Waals surface area contributed by atoms with Crippen molar-refractivity contribution in [3.63, 3.8) is 0 Å². The van der Waals surface area contributed by atoms with Gasteiger partial charge in [-0.1, -0.05) is 121 Å². The van der Waals surface area contributed by atoms with E-state index in [9.17, 15) is 0 Å². The molecule has 0 fully saturated rings. The Kier molecular flexibility index (Phi) is 6.18. The second-order valence-corrected chi connectivity index (χ2v) is 13.3. The van der Waals surface area contributed by atoms with Crippen molar-refractivity contribution in [2.24, 2.45) is 0 Å². The van der Waals surface area contributed by atoms with Gasteiger partial charge in [0.15, 0.2) is 17.5 Å². The topological polar surface area (TPSA) is 56.7 Å². The Morgan fingerprint density at radius 3 is 1.46 bits per heavy atom. The van der Waals surface area contributed by atoms with Crippen LogP contribution < -0.4 is 0 Å². The normalized spacial score (nSPS) is 11.8. The molecule has 52 heavy (non-hydrogen) atoms. The molecule has 8 aromatic carbocycles. The molecule has 5 nitrogen and oxygen atoms in total. The summed E-state index contributed by atoms with van der Waals surface area (Å²) in [5.41, 5.74) is 7.74. The minimum atomic E-state index is 0.589. The molecule has 0 unspecified atom stereocenters. The third-order valence-electron chi connectivity index (χ3n) is 10.2. The standard InChI is InChI=1S/C47H28N4O/c1-3-12-31-26-33(22-20-29(31)10-1)45-48-46(34-23-21-30-11-2-4-13-32(30)27-34)50-47(49-45)35-24-25-38-43(28-35)52-42-19-9-18-41(44(38)42)51-39-16-7-5-14-36(39)37-15-6-8-17-40(37)51/h1-28H. The minimum absolute atomic E-state index is 0.589. The first-order chi connectivity index (χ1) is 25.7. The maximum absolute atomic E-state index is 6.62. The molecule has 0 saturated carbocycles. The summed E-state index contributed by atoms with van der Waals surface area (Å²) in [4.78, 5) is 15.2. The van der Waals surface area contributed by atoms with Crippen LogP contribution in [0.2, 0.25) is 0 Å². The van der Waals surface area contributed by atoms with Crippen LogP contribution in [0.4, 0.5) is 0 Å². The summed E-state index contributed by atoms with van der Waals surface area (Å²) < 4.78 is 8.97. The molecule has 0 bridgehead atoms. The van der Waals surface area contributed by atoms with E-state index >= 15 is 0 Å². The first kappa shape index (κ1) is 28.7. The number of hydrogen-bond acceptors (Lipinski definition) is 4. The van der Waals surface area contributed by atoms with Crippen LogP contribution in [0.1, 0.15) is 0 Å². The Balaban J connectivity index is 1.11. The maximum atomic E-state index is 6.62. The van der Waals surface area contributed by atoms with Gasteiger partial charge in [0.1, 0.15) is 11.2 Å². The van der Waals surface area contributed by atoms with Crippen molar-refractivity contribution in [3.05, 3.63) is 170 Å². The predicted molar refractivity (Wildman–Crippen MR) is 213 cm³/mol. The second kappa shape index (κ2) is 11.2. The Morgan fingerprint density at radius 2 is 0.865 bits per heavy atom. The fourth-order valence-electron chi connectivity index (χ4n) is 7.73. The molecule has 0 aliphatic rings. The quantitative estimate of drug-likeness (QED) is 0.188. The lowest BCUT2D eigenvalue weighted by Crippen LogP contribution is -2.00. The van der Waals surface area contributed by atoms with E-state index in [0.29, 0.717) is 17.5 Å². The smallest absolute Gasteiger partial charge is 0.164 e. The molecule has 0 N–H and O–H groups in total. The highest BCUT2D eigenvalue weighted by atomic mass is 16.3. The largest absolute Gasteiger partial charge is 0.456 e. The summed E-state index contributed by atoms with van der Waals surface area (Å²) >= 11 is 0. The first-order valence-electron chi connectivity index (χ1n) is 17.4. The summed E-state index contributed by atoms with van der Waals surface area (Å²) in [5, 5.41) is 9.18. The van der Waals surface area contributed by atoms with Crippen LogP contribution in [0.15, 0.2) is 174 Å². The van der Waals surface area contributed by atoms with Crippen molar-refractivity contribution in [2.75, 3.05) is 0 Å². The van der Waals surface area contributed by atoms with Gasteiger partial charge < -0.3 is 8.98 Å². The van der Waals surface area contributed by atoms with Gasteiger partial charge in [-0.15, -0.1) is 0 Å². The number of furan rings is 1. The van der Waals surface area contributed by atoms with Gasteiger partial charge in [0, 0.05) is 32.8 Å². The van der Waals surface area contributed by atoms with E-state index in [-0.39, 0.29) is 0 Å². The highest BCUT2D eigenvalue weighted by Crippen LogP contribution is 2.39. The minimum Gasteiger partial charge on any atom is -0.456 e. The Hall–Kier alpha value is -7.11. The van der Waals surface area contributed by atoms with Crippen LogP contribution >= 0.6 is 0 Å². The monoisotopic (exact) mass is 664 g/mol. The van der Waals surface area contributed by atoms with Gasteiger partial charge in [0.2, 0.25) is 0 Å². The van der Waals surface area contributed by atoms with Gasteiger partial charge >= 0.3 is 0 Å². The van der Waals surface area contributed by atoms with Crippen LogP contribution in [0.5, 0.6) is 0 Å². The van der Waals surface area contributed by atoms with Crippen molar-refractivity contribution < 1.29 is 4.42 Å². The van der Waals surface area contributed by atoms with Crippen molar-refractivity contribution >= 4 is 65.3 Å². The molecular weight excluding hydrogens is 637 g/mol. The molecule has 242 valence electrons. The van der Waals surface area contributed by atoms with E-state index in [0.717, 1.165) is 66.1 Å². The van der Waals surface area contributed by atoms with Gasteiger partial charge in [-0.3, -0.25) is 0 Å². The lowest BCUT2D eigenvalue weighted by molar-refractivity contribution is 0.669. The highest BCUT2D eigenvalue weighted by molar-refractivity contribution is 6.14. The lowest BCUT2D eigenvalue weighted by Gasteiger charge is -2.10. The molecule has 0 aliphatic carbocycles. The Labute approximate surface area is 298 Å². The van der Waals surface area contributed by atoms with Gasteiger partial charge in [0.05, 0.1) is 22.1 Å². The van der Waals surface area contributed by atoms with Gasteiger partial charge in [-0.25, -0.2) is 15.0 Å². The zero-order valence-electron chi connectivity index (χ0n) is 27.9. The molecule has 0 radical (unpaired) electrons. The van der Waals surface area contributed by atoms with E-state index < -0.39 is 0 Å². The number of benzene rings is 8. The molecule has 0 aliphatic heterocycles. The van der Waals surface area contributed by atoms with Crippen molar-refractivity contribution in [1.29, 1.82) is 0 Å². The maximum Gasteiger partial charge on any atom is 0.164 e. The number of para-hydroxylation sites is 2. The first-order valence-corrected chi connectivity index (χ1v) is 17.4. The zero-order valence-corrected chi connectivity index (χ0v) is 27.9. The molecule has 0 spiro atoms. The second-order valence-electron chi connectivity index (χ2n) is 13.3. The van der Waals surface area contributed by atoms with Crippen LogP contribution in [0.3, 0.4) is 0 Å². The lowest BCUT2D eigenvalue weighted by atomic mass is 10.1. The van der Waals surface area contributed by atoms with E-state index in [2.05, 4.69) is 168 Å². The number of rotatable bonds is 4. The molecule has 0 amide bonds. The average molecular weight is 665 g/mol. The molecular formula is C47H28N4O. The summed E-state index contributed by atoms with van der Waals surface area (Å²) in [6.45, 7) is 0. The van der Waals surface area contributed by atoms with Crippen LogP contribution in [0, 0.1) is 0 Å². The zero-order chi connectivity index (χ0) is 34.2. The fourth-order valence-corrected chi connectivity index (χ4v) is 7.73. The van der Waals surface area contributed by atoms with Gasteiger partial charge in [-0.05, 0) is 70.1 Å². The highest BCUT2D eigenvalue weighted by Gasteiger charge is 2.19. The van der Waals surface area contributed by atoms with Gasteiger partial charge in [0.25, 0.3) is 0 Å². The number of aromatic nitrogens is 4. The van der Waals surface area contributed by atoms with Crippen molar-refractivity contribution in [2.45, 2.75) is 0 Å². The Morgan fingerprint density at radius 1 is 0.365 bits per heavy atom. The number of hydrogen-bond donors (Lipinski definition) is 0.